The second-order valence-electron chi connectivity index (χ2n) is 5.17. The lowest BCUT2D eigenvalue weighted by molar-refractivity contribution is 0.109. The summed E-state index contributed by atoms with van der Waals surface area (Å²) in [6, 6.07) is 4.11. The molecule has 0 heterocycles. The maximum absolute atomic E-state index is 13.0. The fraction of sp³-hybridized carbons (Fsp3) is 0.571. The van der Waals surface area contributed by atoms with Crippen LogP contribution in [0.15, 0.2) is 18.2 Å². The van der Waals surface area contributed by atoms with Crippen molar-refractivity contribution in [1.29, 1.82) is 0 Å². The molecular formula is C14H19F2OSi. The Morgan fingerprint density at radius 2 is 1.83 bits per heavy atom. The lowest BCUT2D eigenvalue weighted by atomic mass is 9.99. The fourth-order valence-corrected chi connectivity index (χ4v) is 1.90. The third-order valence-electron chi connectivity index (χ3n) is 3.00. The first-order valence-corrected chi connectivity index (χ1v) is 6.64. The van der Waals surface area contributed by atoms with Crippen LogP contribution in [-0.2, 0) is 10.8 Å². The van der Waals surface area contributed by atoms with Crippen LogP contribution in [0.25, 0.3) is 0 Å². The molecule has 0 aliphatic rings. The second-order valence-corrected chi connectivity index (χ2v) is 5.38. The van der Waals surface area contributed by atoms with Crippen LogP contribution in [0.5, 0.6) is 0 Å². The minimum atomic E-state index is -0.783. The number of aryl methyl sites for hydroxylation is 1. The van der Waals surface area contributed by atoms with E-state index in [1.165, 1.54) is 12.1 Å². The van der Waals surface area contributed by atoms with Gasteiger partial charge < -0.3 is 4.43 Å². The van der Waals surface area contributed by atoms with E-state index < -0.39 is 11.6 Å². The van der Waals surface area contributed by atoms with Gasteiger partial charge in [0.15, 0.2) is 11.6 Å². The largest absolute Gasteiger partial charge is 0.414 e. The highest BCUT2D eigenvalue weighted by Crippen LogP contribution is 2.18. The van der Waals surface area contributed by atoms with Gasteiger partial charge >= 0.3 is 0 Å². The van der Waals surface area contributed by atoms with Gasteiger partial charge in [-0.1, -0.05) is 18.9 Å². The molecule has 0 spiro atoms. The van der Waals surface area contributed by atoms with Crippen LogP contribution in [0.2, 0.25) is 0 Å². The molecular weight excluding hydrogens is 250 g/mol. The minimum absolute atomic E-state index is 0.154. The van der Waals surface area contributed by atoms with Crippen LogP contribution >= 0.6 is 0 Å². The van der Waals surface area contributed by atoms with Gasteiger partial charge in [0.1, 0.15) is 0 Å². The van der Waals surface area contributed by atoms with Crippen LogP contribution in [-0.4, -0.2) is 16.1 Å². The van der Waals surface area contributed by atoms with Gasteiger partial charge in [0.25, 0.3) is 0 Å². The Labute approximate surface area is 111 Å². The first-order valence-electron chi connectivity index (χ1n) is 6.23. The number of unbranched alkanes of at least 4 members (excludes halogenated alkanes) is 2. The molecule has 1 nitrogen and oxygen atoms in total. The molecule has 0 aromatic heterocycles. The lowest BCUT2D eigenvalue weighted by Crippen LogP contribution is -2.22. The smallest absolute Gasteiger partial charge is 0.246 e. The molecule has 0 saturated heterocycles. The monoisotopic (exact) mass is 269 g/mol. The minimum Gasteiger partial charge on any atom is -0.414 e. The summed E-state index contributed by atoms with van der Waals surface area (Å²) >= 11 is 0. The van der Waals surface area contributed by atoms with E-state index in [-0.39, 0.29) is 5.60 Å². The van der Waals surface area contributed by atoms with Crippen LogP contribution < -0.4 is 0 Å². The quantitative estimate of drug-likeness (QED) is 0.538. The Morgan fingerprint density at radius 3 is 2.44 bits per heavy atom. The number of halogens is 2. The highest BCUT2D eigenvalue weighted by Gasteiger charge is 2.14. The zero-order valence-electron chi connectivity index (χ0n) is 10.9. The van der Waals surface area contributed by atoms with Gasteiger partial charge in [-0.25, -0.2) is 8.78 Å². The predicted octanol–water partition coefficient (Wildman–Crippen LogP) is 3.95. The Bertz CT molecular complexity index is 380. The SMILES string of the molecule is CC(C)(CCCCCc1ccc(F)c(F)c1)O[Si]. The average Bonchev–Trinajstić information content (AvgIpc) is 2.33. The molecule has 1 rings (SSSR count). The first kappa shape index (κ1) is 15.3. The zero-order valence-corrected chi connectivity index (χ0v) is 11.9. The van der Waals surface area contributed by atoms with E-state index in [2.05, 4.69) is 10.5 Å². The van der Waals surface area contributed by atoms with Crippen molar-refractivity contribution in [2.45, 2.75) is 51.6 Å². The number of benzene rings is 1. The second kappa shape index (κ2) is 7.00. The molecule has 0 atom stereocenters. The van der Waals surface area contributed by atoms with Crippen molar-refractivity contribution < 1.29 is 13.2 Å². The molecule has 4 heteroatoms. The van der Waals surface area contributed by atoms with Crippen molar-refractivity contribution in [1.82, 2.24) is 0 Å². The molecule has 18 heavy (non-hydrogen) atoms. The molecule has 0 bridgehead atoms. The summed E-state index contributed by atoms with van der Waals surface area (Å²) in [6.45, 7) is 4.05. The Kier molecular flexibility index (Phi) is 5.95. The van der Waals surface area contributed by atoms with Crippen molar-refractivity contribution in [3.63, 3.8) is 0 Å². The van der Waals surface area contributed by atoms with Gasteiger partial charge in [-0.2, -0.15) is 0 Å². The first-order chi connectivity index (χ1) is 8.44. The third kappa shape index (κ3) is 5.27. The van der Waals surface area contributed by atoms with E-state index in [4.69, 9.17) is 4.43 Å². The van der Waals surface area contributed by atoms with Crippen LogP contribution in [0, 0.1) is 11.6 Å². The summed E-state index contributed by atoms with van der Waals surface area (Å²) in [5.74, 6) is -1.55. The zero-order chi connectivity index (χ0) is 13.6. The Morgan fingerprint density at radius 1 is 1.11 bits per heavy atom. The molecule has 1 aromatic rings. The Hall–Kier alpha value is -0.743. The summed E-state index contributed by atoms with van der Waals surface area (Å²) in [7, 11) is 3.06. The van der Waals surface area contributed by atoms with E-state index in [1.807, 2.05) is 13.8 Å². The molecule has 1 aromatic carbocycles. The van der Waals surface area contributed by atoms with E-state index in [0.717, 1.165) is 37.7 Å². The molecule has 0 aliphatic heterocycles. The average molecular weight is 269 g/mol. The molecule has 0 N–H and O–H groups in total. The van der Waals surface area contributed by atoms with Crippen molar-refractivity contribution in [2.75, 3.05) is 0 Å². The van der Waals surface area contributed by atoms with Crippen LogP contribution in [0.1, 0.15) is 45.1 Å². The topological polar surface area (TPSA) is 9.23 Å². The predicted molar refractivity (Wildman–Crippen MR) is 69.4 cm³/mol. The van der Waals surface area contributed by atoms with Crippen molar-refractivity contribution in [2.24, 2.45) is 0 Å². The number of rotatable bonds is 7. The molecule has 3 radical (unpaired) electrons. The molecule has 0 fully saturated rings. The van der Waals surface area contributed by atoms with Gasteiger partial charge in [0.05, 0.1) is 0 Å². The summed E-state index contributed by atoms with van der Waals surface area (Å²) < 4.78 is 30.8. The van der Waals surface area contributed by atoms with Gasteiger partial charge in [-0.3, -0.25) is 0 Å². The summed E-state index contributed by atoms with van der Waals surface area (Å²) in [5, 5.41) is 0. The lowest BCUT2D eigenvalue weighted by Gasteiger charge is -2.22. The maximum Gasteiger partial charge on any atom is 0.246 e. The van der Waals surface area contributed by atoms with Crippen molar-refractivity contribution >= 4 is 10.5 Å². The van der Waals surface area contributed by atoms with Crippen LogP contribution in [0.4, 0.5) is 8.78 Å². The molecule has 99 valence electrons. The highest BCUT2D eigenvalue weighted by atomic mass is 28.2. The standard InChI is InChI=1S/C14H19F2OSi/c1-14(2,17-18)9-5-3-4-6-11-7-8-12(15)13(16)10-11/h7-8,10H,3-6,9H2,1-2H3. The van der Waals surface area contributed by atoms with Gasteiger partial charge in [-0.15, -0.1) is 0 Å². The summed E-state index contributed by atoms with van der Waals surface area (Å²) in [5.41, 5.74) is 0.698. The van der Waals surface area contributed by atoms with E-state index in [0.29, 0.717) is 0 Å². The Balaban J connectivity index is 2.24. The molecule has 0 aliphatic carbocycles. The fourth-order valence-electron chi connectivity index (χ4n) is 1.80. The summed E-state index contributed by atoms with van der Waals surface area (Å²) in [6.07, 6.45) is 4.84. The highest BCUT2D eigenvalue weighted by molar-refractivity contribution is 5.98. The maximum atomic E-state index is 13.0. The van der Waals surface area contributed by atoms with Gasteiger partial charge in [-0.05, 0) is 50.8 Å². The molecule has 0 unspecified atom stereocenters. The van der Waals surface area contributed by atoms with E-state index >= 15 is 0 Å². The van der Waals surface area contributed by atoms with Crippen molar-refractivity contribution in [3.05, 3.63) is 35.4 Å². The number of hydrogen-bond acceptors (Lipinski definition) is 1. The molecule has 0 amide bonds. The van der Waals surface area contributed by atoms with E-state index in [1.54, 1.807) is 6.07 Å². The summed E-state index contributed by atoms with van der Waals surface area (Å²) in [4.78, 5) is 0. The van der Waals surface area contributed by atoms with Gasteiger partial charge in [0.2, 0.25) is 10.5 Å². The van der Waals surface area contributed by atoms with E-state index in [9.17, 15) is 8.78 Å². The van der Waals surface area contributed by atoms with Gasteiger partial charge in [0, 0.05) is 5.60 Å². The van der Waals surface area contributed by atoms with Crippen LogP contribution in [0.3, 0.4) is 0 Å². The number of hydrogen-bond donors (Lipinski definition) is 0. The third-order valence-corrected chi connectivity index (χ3v) is 3.56. The normalized spacial score (nSPS) is 11.8. The van der Waals surface area contributed by atoms with Crippen molar-refractivity contribution in [3.8, 4) is 0 Å². The molecule has 0 saturated carbocycles.